The van der Waals surface area contributed by atoms with Crippen LogP contribution in [0.1, 0.15) is 18.5 Å². The lowest BCUT2D eigenvalue weighted by Crippen LogP contribution is -2.31. The number of rotatable bonds is 6. The Kier molecular flexibility index (Phi) is 4.86. The zero-order valence-electron chi connectivity index (χ0n) is 13.2. The number of nitrogens with one attached hydrogen (secondary N) is 1. The molecule has 24 heavy (non-hydrogen) atoms. The molecular weight excluding hydrogens is 306 g/mol. The summed E-state index contributed by atoms with van der Waals surface area (Å²) in [5.74, 6) is 0.865. The number of benzene rings is 2. The van der Waals surface area contributed by atoms with Crippen LogP contribution in [0.3, 0.4) is 0 Å². The number of amides is 1. The number of hydrogen-bond donors (Lipinski definition) is 1. The van der Waals surface area contributed by atoms with Gasteiger partial charge in [-0.05, 0) is 36.8 Å². The van der Waals surface area contributed by atoms with Crippen molar-refractivity contribution in [3.05, 3.63) is 66.6 Å². The van der Waals surface area contributed by atoms with Gasteiger partial charge in [-0.2, -0.15) is 0 Å². The summed E-state index contributed by atoms with van der Waals surface area (Å²) in [6, 6.07) is 16.8. The van der Waals surface area contributed by atoms with Gasteiger partial charge in [0.2, 0.25) is 12.3 Å². The molecular formula is C18H17N3O3. The van der Waals surface area contributed by atoms with Crippen LogP contribution in [-0.4, -0.2) is 22.7 Å². The average Bonchev–Trinajstić information content (AvgIpc) is 3.16. The van der Waals surface area contributed by atoms with Crippen molar-refractivity contribution in [2.24, 2.45) is 0 Å². The smallest absolute Gasteiger partial charge is 0.258 e. The highest BCUT2D eigenvalue weighted by Crippen LogP contribution is 2.20. The van der Waals surface area contributed by atoms with Gasteiger partial charge in [-0.15, -0.1) is 10.2 Å². The van der Waals surface area contributed by atoms with Gasteiger partial charge in [-0.3, -0.25) is 4.79 Å². The molecule has 0 unspecified atom stereocenters. The highest BCUT2D eigenvalue weighted by atomic mass is 16.5. The number of carbonyl (C=O) groups excluding carboxylic acids is 1. The highest BCUT2D eigenvalue weighted by molar-refractivity contribution is 5.78. The van der Waals surface area contributed by atoms with E-state index in [1.807, 2.05) is 37.3 Å². The van der Waals surface area contributed by atoms with Crippen LogP contribution in [0.4, 0.5) is 0 Å². The summed E-state index contributed by atoms with van der Waals surface area (Å²) in [6.07, 6.45) is 1.28. The minimum atomic E-state index is -0.174. The fraction of sp³-hybridized carbons (Fsp3) is 0.167. The lowest BCUT2D eigenvalue weighted by Gasteiger charge is -2.14. The molecule has 0 saturated heterocycles. The van der Waals surface area contributed by atoms with E-state index in [-0.39, 0.29) is 18.6 Å². The molecule has 2 aromatic carbocycles. The Morgan fingerprint density at radius 1 is 1.17 bits per heavy atom. The summed E-state index contributed by atoms with van der Waals surface area (Å²) in [5, 5.41) is 10.4. The Bertz CT molecular complexity index is 771. The molecule has 6 heteroatoms. The number of nitrogens with zero attached hydrogens (tertiary/aromatic N) is 2. The van der Waals surface area contributed by atoms with Crippen molar-refractivity contribution in [2.75, 3.05) is 6.61 Å². The minimum absolute atomic E-state index is 0.0446. The van der Waals surface area contributed by atoms with Gasteiger partial charge >= 0.3 is 0 Å². The van der Waals surface area contributed by atoms with E-state index >= 15 is 0 Å². The van der Waals surface area contributed by atoms with Crippen LogP contribution < -0.4 is 10.1 Å². The Morgan fingerprint density at radius 2 is 1.92 bits per heavy atom. The maximum Gasteiger partial charge on any atom is 0.258 e. The molecule has 1 aromatic heterocycles. The average molecular weight is 323 g/mol. The van der Waals surface area contributed by atoms with Crippen molar-refractivity contribution in [1.29, 1.82) is 0 Å². The number of aromatic nitrogens is 2. The van der Waals surface area contributed by atoms with E-state index in [0.29, 0.717) is 11.6 Å². The summed E-state index contributed by atoms with van der Waals surface area (Å²) in [7, 11) is 0. The van der Waals surface area contributed by atoms with Gasteiger partial charge < -0.3 is 14.5 Å². The van der Waals surface area contributed by atoms with Gasteiger partial charge in [0.25, 0.3) is 5.91 Å². The van der Waals surface area contributed by atoms with Crippen LogP contribution >= 0.6 is 0 Å². The summed E-state index contributed by atoms with van der Waals surface area (Å²) in [6.45, 7) is 1.89. The second kappa shape index (κ2) is 7.41. The van der Waals surface area contributed by atoms with Crippen molar-refractivity contribution in [1.82, 2.24) is 15.5 Å². The molecule has 6 nitrogen and oxygen atoms in total. The highest BCUT2D eigenvalue weighted by Gasteiger charge is 2.10. The lowest BCUT2D eigenvalue weighted by atomic mass is 10.1. The molecule has 0 radical (unpaired) electrons. The SMILES string of the molecule is C[C@@H](NC(=O)COc1ccc(-c2nnco2)cc1)c1ccccc1. The minimum Gasteiger partial charge on any atom is -0.484 e. The summed E-state index contributed by atoms with van der Waals surface area (Å²) >= 11 is 0. The standard InChI is InChI=1S/C18H17N3O3/c1-13(14-5-3-2-4-6-14)20-17(22)11-23-16-9-7-15(8-10-16)18-21-19-12-24-18/h2-10,12-13H,11H2,1H3,(H,20,22)/t13-/m1/s1. The van der Waals surface area contributed by atoms with E-state index in [4.69, 9.17) is 9.15 Å². The van der Waals surface area contributed by atoms with Gasteiger partial charge in [0.05, 0.1) is 6.04 Å². The predicted molar refractivity (Wildman–Crippen MR) is 88.2 cm³/mol. The summed E-state index contributed by atoms with van der Waals surface area (Å²) in [5.41, 5.74) is 1.84. The first-order valence-electron chi connectivity index (χ1n) is 7.56. The molecule has 0 spiro atoms. The maximum atomic E-state index is 12.0. The first-order valence-corrected chi connectivity index (χ1v) is 7.56. The van der Waals surface area contributed by atoms with Crippen LogP contribution in [0.2, 0.25) is 0 Å². The van der Waals surface area contributed by atoms with E-state index in [1.165, 1.54) is 6.39 Å². The molecule has 3 aromatic rings. The molecule has 1 heterocycles. The maximum absolute atomic E-state index is 12.0. The Labute approximate surface area is 139 Å². The summed E-state index contributed by atoms with van der Waals surface area (Å²) in [4.78, 5) is 12.0. The van der Waals surface area contributed by atoms with E-state index in [9.17, 15) is 4.79 Å². The van der Waals surface area contributed by atoms with Crippen LogP contribution in [0.15, 0.2) is 65.4 Å². The fourth-order valence-electron chi connectivity index (χ4n) is 2.25. The zero-order chi connectivity index (χ0) is 16.8. The summed E-state index contributed by atoms with van der Waals surface area (Å²) < 4.78 is 10.6. The molecule has 3 rings (SSSR count). The van der Waals surface area contributed by atoms with Crippen molar-refractivity contribution in [3.8, 4) is 17.2 Å². The Morgan fingerprint density at radius 3 is 2.58 bits per heavy atom. The van der Waals surface area contributed by atoms with Gasteiger partial charge in [0.1, 0.15) is 5.75 Å². The molecule has 0 aliphatic heterocycles. The quantitative estimate of drug-likeness (QED) is 0.754. The molecule has 0 saturated carbocycles. The monoisotopic (exact) mass is 323 g/mol. The van der Waals surface area contributed by atoms with E-state index < -0.39 is 0 Å². The van der Waals surface area contributed by atoms with E-state index in [1.54, 1.807) is 24.3 Å². The normalized spacial score (nSPS) is 11.7. The van der Waals surface area contributed by atoms with Crippen LogP contribution in [0.25, 0.3) is 11.5 Å². The zero-order valence-corrected chi connectivity index (χ0v) is 13.2. The molecule has 122 valence electrons. The number of hydrogen-bond acceptors (Lipinski definition) is 5. The van der Waals surface area contributed by atoms with Crippen LogP contribution in [-0.2, 0) is 4.79 Å². The van der Waals surface area contributed by atoms with Crippen molar-refractivity contribution in [3.63, 3.8) is 0 Å². The topological polar surface area (TPSA) is 77.2 Å². The first kappa shape index (κ1) is 15.7. The third-order valence-electron chi connectivity index (χ3n) is 3.51. The van der Waals surface area contributed by atoms with Crippen LogP contribution in [0.5, 0.6) is 5.75 Å². The predicted octanol–water partition coefficient (Wildman–Crippen LogP) is 2.99. The molecule has 0 bridgehead atoms. The Hall–Kier alpha value is -3.15. The lowest BCUT2D eigenvalue weighted by molar-refractivity contribution is -0.123. The third kappa shape index (κ3) is 3.98. The molecule has 0 fully saturated rings. The number of carbonyl (C=O) groups is 1. The van der Waals surface area contributed by atoms with Crippen molar-refractivity contribution in [2.45, 2.75) is 13.0 Å². The Balaban J connectivity index is 1.51. The van der Waals surface area contributed by atoms with Crippen molar-refractivity contribution < 1.29 is 13.9 Å². The van der Waals surface area contributed by atoms with Gasteiger partial charge in [0.15, 0.2) is 6.61 Å². The number of ether oxygens (including phenoxy) is 1. The van der Waals surface area contributed by atoms with Gasteiger partial charge in [-0.1, -0.05) is 30.3 Å². The second-order valence-corrected chi connectivity index (χ2v) is 5.26. The molecule has 0 aliphatic carbocycles. The van der Waals surface area contributed by atoms with Crippen molar-refractivity contribution >= 4 is 5.91 Å². The van der Waals surface area contributed by atoms with Crippen LogP contribution in [0, 0.1) is 0 Å². The second-order valence-electron chi connectivity index (χ2n) is 5.26. The first-order chi connectivity index (χ1) is 11.7. The largest absolute Gasteiger partial charge is 0.484 e. The van der Waals surface area contributed by atoms with Gasteiger partial charge in [0, 0.05) is 5.56 Å². The third-order valence-corrected chi connectivity index (χ3v) is 3.51. The van der Waals surface area contributed by atoms with E-state index in [2.05, 4.69) is 15.5 Å². The van der Waals surface area contributed by atoms with E-state index in [0.717, 1.165) is 11.1 Å². The molecule has 1 atom stereocenters. The van der Waals surface area contributed by atoms with Gasteiger partial charge in [-0.25, -0.2) is 0 Å². The molecule has 1 N–H and O–H groups in total. The fourth-order valence-corrected chi connectivity index (χ4v) is 2.25. The molecule has 0 aliphatic rings. The molecule has 1 amide bonds.